The summed E-state index contributed by atoms with van der Waals surface area (Å²) in [6.07, 6.45) is 1.12. The van der Waals surface area contributed by atoms with Crippen molar-refractivity contribution in [2.24, 2.45) is 5.92 Å². The smallest absolute Gasteiger partial charge is 0.662 e. The molecule has 0 aromatic rings. The predicted molar refractivity (Wildman–Crippen MR) is 90.6 cm³/mol. The van der Waals surface area contributed by atoms with Crippen molar-refractivity contribution in [2.45, 2.75) is 41.5 Å². The summed E-state index contributed by atoms with van der Waals surface area (Å²) in [5.74, 6) is 0.562. The van der Waals surface area contributed by atoms with Crippen LogP contribution in [0.1, 0.15) is 41.5 Å². The molecule has 2 N–H and O–H groups in total. The van der Waals surface area contributed by atoms with E-state index in [1.807, 2.05) is 27.7 Å². The van der Waals surface area contributed by atoms with Gasteiger partial charge in [0.2, 0.25) is 0 Å². The number of amides is 2. The van der Waals surface area contributed by atoms with E-state index in [1.54, 1.807) is 7.05 Å². The van der Waals surface area contributed by atoms with E-state index in [1.165, 1.54) is 0 Å². The van der Waals surface area contributed by atoms with Crippen LogP contribution >= 0.6 is 9.90 Å². The SMILES string of the molecule is C.CC.CC.CNC(=O)NCC1CC[N-]C1.P.[CH3-].[W+2]. The molecule has 0 bridgehead atoms. The number of hydrogen-bond acceptors (Lipinski definition) is 1. The number of rotatable bonds is 2. The first-order valence-corrected chi connectivity index (χ1v) is 5.91. The molecule has 1 aliphatic rings. The minimum atomic E-state index is -0.100. The van der Waals surface area contributed by atoms with Crippen LogP contribution in [0.2, 0.25) is 0 Å². The number of carbonyl (C=O) groups is 1. The summed E-state index contributed by atoms with van der Waals surface area (Å²) in [6.45, 7) is 10.6. The van der Waals surface area contributed by atoms with E-state index in [2.05, 4.69) is 16.0 Å². The Hall–Kier alpha value is 0.348. The van der Waals surface area contributed by atoms with Gasteiger partial charge in [-0.05, 0) is 5.92 Å². The molecule has 2 amide bonds. The van der Waals surface area contributed by atoms with Gasteiger partial charge in [-0.3, -0.25) is 0 Å². The molecule has 0 aromatic carbocycles. The fourth-order valence-electron chi connectivity index (χ4n) is 1.13. The molecule has 0 aromatic heterocycles. The molecule has 1 heterocycles. The van der Waals surface area contributed by atoms with Gasteiger partial charge in [0.05, 0.1) is 0 Å². The Kier molecular flexibility index (Phi) is 59.6. The van der Waals surface area contributed by atoms with Gasteiger partial charge in [0.25, 0.3) is 0 Å². The Morgan fingerprint density at radius 1 is 1.26 bits per heavy atom. The van der Waals surface area contributed by atoms with Gasteiger partial charge in [-0.25, -0.2) is 4.79 Å². The molecule has 120 valence electrons. The second-order valence-corrected chi connectivity index (χ2v) is 2.74. The summed E-state index contributed by atoms with van der Waals surface area (Å²) in [6, 6.07) is -0.100. The van der Waals surface area contributed by atoms with E-state index in [0.717, 1.165) is 26.1 Å². The van der Waals surface area contributed by atoms with E-state index in [-0.39, 0.29) is 51.8 Å². The van der Waals surface area contributed by atoms with Crippen LogP contribution in [0.25, 0.3) is 5.32 Å². The van der Waals surface area contributed by atoms with Gasteiger partial charge >= 0.3 is 27.1 Å². The Labute approximate surface area is 139 Å². The average molecular weight is 465 g/mol. The quantitative estimate of drug-likeness (QED) is 0.476. The molecule has 0 radical (unpaired) electrons. The Balaban J connectivity index is -0.0000000485. The number of urea groups is 1. The van der Waals surface area contributed by atoms with E-state index in [0.29, 0.717) is 5.92 Å². The van der Waals surface area contributed by atoms with Gasteiger partial charge in [0, 0.05) is 13.6 Å². The van der Waals surface area contributed by atoms with Crippen LogP contribution in [0, 0.1) is 13.3 Å². The second-order valence-electron chi connectivity index (χ2n) is 2.74. The molecular formula is C13H36N3OPW. The maximum absolute atomic E-state index is 10.7. The fraction of sp³-hybridized carbons (Fsp3) is 0.846. The van der Waals surface area contributed by atoms with Crippen molar-refractivity contribution < 1.29 is 25.9 Å². The van der Waals surface area contributed by atoms with Gasteiger partial charge in [-0.15, -0.1) is 13.1 Å². The molecule has 2 unspecified atom stereocenters. The summed E-state index contributed by atoms with van der Waals surface area (Å²) >= 11 is 0. The molecule has 6 heteroatoms. The molecule has 1 aliphatic heterocycles. The van der Waals surface area contributed by atoms with Gasteiger partial charge in [0.1, 0.15) is 0 Å². The zero-order valence-electron chi connectivity index (χ0n) is 12.9. The van der Waals surface area contributed by atoms with Crippen LogP contribution < -0.4 is 10.6 Å². The minimum absolute atomic E-state index is 0. The summed E-state index contributed by atoms with van der Waals surface area (Å²) in [7, 11) is 1.62. The molecule has 0 spiro atoms. The molecule has 1 fully saturated rings. The molecule has 19 heavy (non-hydrogen) atoms. The topological polar surface area (TPSA) is 55.2 Å². The molecular weight excluding hydrogens is 429 g/mol. The average Bonchev–Trinajstić information content (AvgIpc) is 2.84. The van der Waals surface area contributed by atoms with Gasteiger partial charge in [0.15, 0.2) is 0 Å². The first kappa shape index (κ1) is 36.6. The van der Waals surface area contributed by atoms with E-state index in [9.17, 15) is 4.79 Å². The number of hydrogen-bond donors (Lipinski definition) is 2. The van der Waals surface area contributed by atoms with Crippen LogP contribution in [0.3, 0.4) is 0 Å². The van der Waals surface area contributed by atoms with Crippen LogP contribution in [0.5, 0.6) is 0 Å². The minimum Gasteiger partial charge on any atom is -0.662 e. The van der Waals surface area contributed by atoms with Crippen LogP contribution in [-0.4, -0.2) is 32.7 Å². The normalized spacial score (nSPS) is 14.1. The molecule has 0 aliphatic carbocycles. The van der Waals surface area contributed by atoms with Gasteiger partial charge in [-0.2, -0.15) is 9.90 Å². The summed E-state index contributed by atoms with van der Waals surface area (Å²) in [4.78, 5) is 10.7. The van der Waals surface area contributed by atoms with Crippen LogP contribution in [-0.2, 0) is 21.1 Å². The van der Waals surface area contributed by atoms with Gasteiger partial charge < -0.3 is 23.4 Å². The second kappa shape index (κ2) is 31.0. The number of nitrogens with zero attached hydrogens (tertiary/aromatic N) is 1. The van der Waals surface area contributed by atoms with Crippen molar-refractivity contribution in [3.05, 3.63) is 12.7 Å². The van der Waals surface area contributed by atoms with Crippen molar-refractivity contribution in [3.63, 3.8) is 0 Å². The predicted octanol–water partition coefficient (Wildman–Crippen LogP) is 3.50. The first-order chi connectivity index (χ1) is 7.33. The maximum atomic E-state index is 10.7. The standard InChI is InChI=1S/C7H14N3O.2C2H6.CH4.CH3.H3P.W/c1-8-7(11)10-5-6-2-3-9-4-6;2*1-2;;;;/h6H,2-5H2,1H3,(H2,8,10,11);2*1-2H3;1H4;2*1H3;/q-1;;;;-1;;+2. The largest absolute Gasteiger partial charge is 2.00 e. The van der Waals surface area contributed by atoms with Crippen molar-refractivity contribution in [2.75, 3.05) is 26.7 Å². The molecule has 1 saturated heterocycles. The van der Waals surface area contributed by atoms with Crippen molar-refractivity contribution in [3.8, 4) is 0 Å². The summed E-state index contributed by atoms with van der Waals surface area (Å²) in [5, 5.41) is 9.47. The molecule has 1 rings (SSSR count). The molecule has 2 atom stereocenters. The van der Waals surface area contributed by atoms with E-state index < -0.39 is 0 Å². The van der Waals surface area contributed by atoms with E-state index in [4.69, 9.17) is 0 Å². The Bertz CT molecular complexity index is 146. The van der Waals surface area contributed by atoms with Crippen LogP contribution in [0.15, 0.2) is 0 Å². The zero-order chi connectivity index (χ0) is 12.1. The van der Waals surface area contributed by atoms with Crippen molar-refractivity contribution in [1.29, 1.82) is 0 Å². The van der Waals surface area contributed by atoms with Gasteiger partial charge in [-0.1, -0.05) is 41.5 Å². The molecule has 0 saturated carbocycles. The van der Waals surface area contributed by atoms with Crippen molar-refractivity contribution in [1.82, 2.24) is 10.6 Å². The van der Waals surface area contributed by atoms with Crippen LogP contribution in [0.4, 0.5) is 4.79 Å². The zero-order valence-corrected chi connectivity index (χ0v) is 17.2. The third-order valence-corrected chi connectivity index (χ3v) is 1.86. The van der Waals surface area contributed by atoms with E-state index >= 15 is 0 Å². The number of nitrogens with one attached hydrogen (secondary N) is 2. The fourth-order valence-corrected chi connectivity index (χ4v) is 1.13. The monoisotopic (exact) mass is 465 g/mol. The van der Waals surface area contributed by atoms with Crippen molar-refractivity contribution >= 4 is 15.9 Å². The number of carbonyl (C=O) groups excluding carboxylic acids is 1. The Morgan fingerprint density at radius 3 is 2.05 bits per heavy atom. The third kappa shape index (κ3) is 23.8. The Morgan fingerprint density at radius 2 is 1.74 bits per heavy atom. The summed E-state index contributed by atoms with van der Waals surface area (Å²) in [5.41, 5.74) is 0. The third-order valence-electron chi connectivity index (χ3n) is 1.86. The first-order valence-electron chi connectivity index (χ1n) is 5.91. The molecule has 4 nitrogen and oxygen atoms in total. The summed E-state index contributed by atoms with van der Waals surface area (Å²) < 4.78 is 0. The maximum Gasteiger partial charge on any atom is 2.00 e.